The Bertz CT molecular complexity index is 1280. The summed E-state index contributed by atoms with van der Waals surface area (Å²) < 4.78 is 26.0. The molecule has 9 heteroatoms. The molecule has 7 nitrogen and oxygen atoms in total. The number of fused-ring (bicyclic) bond motifs is 3. The summed E-state index contributed by atoms with van der Waals surface area (Å²) in [7, 11) is 1.53. The van der Waals surface area contributed by atoms with E-state index in [0.717, 1.165) is 45.3 Å². The number of halogens is 1. The van der Waals surface area contributed by atoms with Crippen LogP contribution in [0.5, 0.6) is 5.75 Å². The molecule has 2 saturated heterocycles. The number of aromatic nitrogens is 2. The molecule has 2 aromatic heterocycles. The normalized spacial score (nSPS) is 24.0. The molecule has 1 saturated carbocycles. The molecule has 3 fully saturated rings. The van der Waals surface area contributed by atoms with E-state index in [1.807, 2.05) is 4.57 Å². The number of nitrogens with zero attached hydrogens (tertiary/aromatic N) is 2. The summed E-state index contributed by atoms with van der Waals surface area (Å²) in [5.74, 6) is 0.417. The van der Waals surface area contributed by atoms with Crippen LogP contribution in [0.15, 0.2) is 15.7 Å². The Labute approximate surface area is 175 Å². The van der Waals surface area contributed by atoms with Crippen LogP contribution in [-0.4, -0.2) is 41.7 Å². The van der Waals surface area contributed by atoms with Gasteiger partial charge in [-0.05, 0) is 55.7 Å². The van der Waals surface area contributed by atoms with Crippen molar-refractivity contribution in [1.82, 2.24) is 14.3 Å². The highest BCUT2D eigenvalue weighted by molar-refractivity contribution is 7.12. The SMILES string of the molecule is COc1c(N2C[C@@H]3CCCN[C@@H]3C2)c(F)cc2c(=O)c3c(=O)[nH]sc3n(C3CC3)c12. The quantitative estimate of drug-likeness (QED) is 0.668. The Balaban J connectivity index is 1.65. The largest absolute Gasteiger partial charge is 0.492 e. The molecule has 30 heavy (non-hydrogen) atoms. The number of pyridine rings is 1. The monoisotopic (exact) mass is 430 g/mol. The first-order valence-corrected chi connectivity index (χ1v) is 11.3. The minimum absolute atomic E-state index is 0.116. The fourth-order valence-electron chi connectivity index (χ4n) is 5.32. The van der Waals surface area contributed by atoms with Gasteiger partial charge in [-0.1, -0.05) is 0 Å². The van der Waals surface area contributed by atoms with Crippen LogP contribution in [0, 0.1) is 11.7 Å². The number of ether oxygens (including phenoxy) is 1. The van der Waals surface area contributed by atoms with E-state index in [9.17, 15) is 9.59 Å². The van der Waals surface area contributed by atoms with Gasteiger partial charge in [-0.2, -0.15) is 0 Å². The third-order valence-corrected chi connectivity index (χ3v) is 7.71. The maximum absolute atomic E-state index is 15.5. The number of benzene rings is 1. The first-order valence-electron chi connectivity index (χ1n) is 10.5. The van der Waals surface area contributed by atoms with Gasteiger partial charge in [0.15, 0.2) is 11.6 Å². The molecule has 0 radical (unpaired) electrons. The molecular weight excluding hydrogens is 407 g/mol. The second kappa shape index (κ2) is 6.55. The Hall–Kier alpha value is -2.39. The van der Waals surface area contributed by atoms with Crippen molar-refractivity contribution in [1.29, 1.82) is 0 Å². The van der Waals surface area contributed by atoms with Crippen molar-refractivity contribution < 1.29 is 9.13 Å². The molecule has 0 amide bonds. The molecule has 1 aromatic carbocycles. The summed E-state index contributed by atoms with van der Waals surface area (Å²) in [6, 6.07) is 1.85. The minimum atomic E-state index is -0.469. The van der Waals surface area contributed by atoms with Crippen LogP contribution in [0.2, 0.25) is 0 Å². The van der Waals surface area contributed by atoms with Crippen molar-refractivity contribution in [2.75, 3.05) is 31.6 Å². The molecule has 2 atom stereocenters. The van der Waals surface area contributed by atoms with Gasteiger partial charge in [-0.15, -0.1) is 0 Å². The lowest BCUT2D eigenvalue weighted by Crippen LogP contribution is -2.40. The number of nitrogens with one attached hydrogen (secondary N) is 2. The molecule has 0 bridgehead atoms. The van der Waals surface area contributed by atoms with Crippen LogP contribution >= 0.6 is 11.5 Å². The molecule has 2 N–H and O–H groups in total. The van der Waals surface area contributed by atoms with Gasteiger partial charge in [0.05, 0.1) is 18.0 Å². The van der Waals surface area contributed by atoms with Crippen molar-refractivity contribution in [3.63, 3.8) is 0 Å². The smallest absolute Gasteiger partial charge is 0.271 e. The van der Waals surface area contributed by atoms with Crippen LogP contribution in [-0.2, 0) is 0 Å². The second-order valence-electron chi connectivity index (χ2n) is 8.65. The molecule has 0 spiro atoms. The predicted molar refractivity (Wildman–Crippen MR) is 116 cm³/mol. The topological polar surface area (TPSA) is 79.4 Å². The van der Waals surface area contributed by atoms with Gasteiger partial charge < -0.3 is 19.5 Å². The van der Waals surface area contributed by atoms with E-state index in [2.05, 4.69) is 14.6 Å². The average Bonchev–Trinajstić information content (AvgIpc) is 3.37. The van der Waals surface area contributed by atoms with E-state index in [0.29, 0.717) is 33.7 Å². The summed E-state index contributed by atoms with van der Waals surface area (Å²) in [6.07, 6.45) is 4.20. The summed E-state index contributed by atoms with van der Waals surface area (Å²) in [4.78, 5) is 28.1. The number of hydrogen-bond donors (Lipinski definition) is 2. The van der Waals surface area contributed by atoms with Crippen LogP contribution < -0.4 is 25.9 Å². The third kappa shape index (κ3) is 2.51. The van der Waals surface area contributed by atoms with Gasteiger partial charge in [0, 0.05) is 25.2 Å². The Morgan fingerprint density at radius 3 is 2.80 bits per heavy atom. The number of piperidine rings is 1. The number of rotatable bonds is 3. The zero-order chi connectivity index (χ0) is 20.6. The van der Waals surface area contributed by atoms with Crippen molar-refractivity contribution >= 4 is 38.3 Å². The van der Waals surface area contributed by atoms with Gasteiger partial charge in [-0.25, -0.2) is 4.39 Å². The minimum Gasteiger partial charge on any atom is -0.492 e. The standard InChI is InChI=1S/C21H23FN4O3S/c1-29-19-16-12(18(27)15-20(28)24-30-21(15)26(16)11-4-5-11)7-13(22)17(19)25-8-10-3-2-6-23-14(10)9-25/h7,10-11,14,23H,2-6,8-9H2,1H3,(H,24,28)/t10-,14+/m0/s1. The average molecular weight is 431 g/mol. The van der Waals surface area contributed by atoms with E-state index in [1.54, 1.807) is 0 Å². The van der Waals surface area contributed by atoms with E-state index < -0.39 is 16.8 Å². The second-order valence-corrected chi connectivity index (χ2v) is 9.44. The van der Waals surface area contributed by atoms with Crippen molar-refractivity contribution in [3.8, 4) is 5.75 Å². The van der Waals surface area contributed by atoms with Gasteiger partial charge >= 0.3 is 0 Å². The molecule has 0 unspecified atom stereocenters. The van der Waals surface area contributed by atoms with Gasteiger partial charge in [0.1, 0.15) is 15.9 Å². The molecular formula is C21H23FN4O3S. The number of H-pyrrole nitrogens is 1. The van der Waals surface area contributed by atoms with E-state index in [-0.39, 0.29) is 16.8 Å². The highest BCUT2D eigenvalue weighted by Gasteiger charge is 2.38. The fraction of sp³-hybridized carbons (Fsp3) is 0.524. The highest BCUT2D eigenvalue weighted by Crippen LogP contribution is 2.46. The molecule has 3 aromatic rings. The summed E-state index contributed by atoms with van der Waals surface area (Å²) in [6.45, 7) is 2.48. The van der Waals surface area contributed by atoms with Crippen molar-refractivity contribution in [3.05, 3.63) is 32.5 Å². The summed E-state index contributed by atoms with van der Waals surface area (Å²) in [5.41, 5.74) is 0.193. The first kappa shape index (κ1) is 18.4. The van der Waals surface area contributed by atoms with Gasteiger partial charge in [-0.3, -0.25) is 14.0 Å². The van der Waals surface area contributed by atoms with Crippen LogP contribution in [0.25, 0.3) is 21.1 Å². The molecule has 1 aliphatic carbocycles. The lowest BCUT2D eigenvalue weighted by atomic mass is 9.94. The van der Waals surface area contributed by atoms with E-state index in [1.165, 1.54) is 24.7 Å². The van der Waals surface area contributed by atoms with E-state index in [4.69, 9.17) is 4.74 Å². The molecule has 3 aliphatic rings. The van der Waals surface area contributed by atoms with E-state index >= 15 is 4.39 Å². The molecule has 6 rings (SSSR count). The Morgan fingerprint density at radius 1 is 1.23 bits per heavy atom. The van der Waals surface area contributed by atoms with Gasteiger partial charge in [0.2, 0.25) is 5.43 Å². The summed E-state index contributed by atoms with van der Waals surface area (Å²) >= 11 is 1.17. The first-order chi connectivity index (χ1) is 14.6. The molecule has 2 aliphatic heterocycles. The van der Waals surface area contributed by atoms with Gasteiger partial charge in [0.25, 0.3) is 5.56 Å². The zero-order valence-electron chi connectivity index (χ0n) is 16.7. The zero-order valence-corrected chi connectivity index (χ0v) is 17.5. The van der Waals surface area contributed by atoms with Crippen LogP contribution in [0.1, 0.15) is 31.7 Å². The number of hydrogen-bond acceptors (Lipinski definition) is 6. The summed E-state index contributed by atoms with van der Waals surface area (Å²) in [5, 5.41) is 3.88. The number of anilines is 1. The van der Waals surface area contributed by atoms with Crippen LogP contribution in [0.3, 0.4) is 0 Å². The lowest BCUT2D eigenvalue weighted by Gasteiger charge is -2.25. The maximum atomic E-state index is 15.5. The maximum Gasteiger partial charge on any atom is 0.271 e. The molecule has 158 valence electrons. The number of methoxy groups -OCH3 is 1. The van der Waals surface area contributed by atoms with Crippen molar-refractivity contribution in [2.24, 2.45) is 5.92 Å². The predicted octanol–water partition coefficient (Wildman–Crippen LogP) is 2.58. The number of aromatic amines is 1. The Morgan fingerprint density at radius 2 is 2.07 bits per heavy atom. The Kier molecular flexibility index (Phi) is 4.02. The lowest BCUT2D eigenvalue weighted by molar-refractivity contribution is 0.340. The fourth-order valence-corrected chi connectivity index (χ4v) is 6.23. The van der Waals surface area contributed by atoms with Crippen LogP contribution in [0.4, 0.5) is 10.1 Å². The third-order valence-electron chi connectivity index (χ3n) is 6.83. The van der Waals surface area contributed by atoms with Crippen molar-refractivity contribution in [2.45, 2.75) is 37.8 Å². The molecule has 4 heterocycles. The highest BCUT2D eigenvalue weighted by atomic mass is 32.1.